The van der Waals surface area contributed by atoms with Crippen LogP contribution in [0.3, 0.4) is 0 Å². The summed E-state index contributed by atoms with van der Waals surface area (Å²) >= 11 is 0. The zero-order valence-corrected chi connectivity index (χ0v) is 10.8. The van der Waals surface area contributed by atoms with Gasteiger partial charge in [0.1, 0.15) is 5.82 Å². The minimum absolute atomic E-state index is 0.0471. The van der Waals surface area contributed by atoms with E-state index >= 15 is 0 Å². The molecule has 3 saturated carbocycles. The van der Waals surface area contributed by atoms with Gasteiger partial charge in [0.2, 0.25) is 0 Å². The van der Waals surface area contributed by atoms with Crippen molar-refractivity contribution in [3.8, 4) is 0 Å². The van der Waals surface area contributed by atoms with Crippen molar-refractivity contribution in [2.75, 3.05) is 7.05 Å². The van der Waals surface area contributed by atoms with E-state index in [1.165, 1.54) is 19.3 Å². The van der Waals surface area contributed by atoms with Gasteiger partial charge in [-0.2, -0.15) is 0 Å². The highest BCUT2D eigenvalue weighted by atomic mass is 19.1. The van der Waals surface area contributed by atoms with E-state index in [1.54, 1.807) is 12.1 Å². The lowest BCUT2D eigenvalue weighted by atomic mass is 9.93. The minimum Gasteiger partial charge on any atom is -0.313 e. The summed E-state index contributed by atoms with van der Waals surface area (Å²) < 4.78 is 14.0. The molecule has 3 aliphatic carbocycles. The third kappa shape index (κ3) is 1.36. The Balaban J connectivity index is 1.63. The van der Waals surface area contributed by atoms with Crippen LogP contribution in [0.4, 0.5) is 4.39 Å². The molecular formula is C16H20FN. The highest BCUT2D eigenvalue weighted by molar-refractivity contribution is 5.27. The van der Waals surface area contributed by atoms with E-state index in [9.17, 15) is 4.39 Å². The van der Waals surface area contributed by atoms with Gasteiger partial charge in [-0.1, -0.05) is 18.2 Å². The molecule has 0 aliphatic heterocycles. The SMILES string of the molecule is CNC(c1ccccc1F)C1C2C3CCC(C3)C21. The average Bonchev–Trinajstić information content (AvgIpc) is 2.81. The fourth-order valence-corrected chi connectivity index (χ4v) is 5.12. The van der Waals surface area contributed by atoms with Crippen molar-refractivity contribution in [2.45, 2.75) is 25.3 Å². The molecule has 18 heavy (non-hydrogen) atoms. The lowest BCUT2D eigenvalue weighted by molar-refractivity contribution is 0.377. The van der Waals surface area contributed by atoms with Crippen molar-refractivity contribution in [1.82, 2.24) is 5.32 Å². The van der Waals surface area contributed by atoms with Crippen molar-refractivity contribution in [3.63, 3.8) is 0 Å². The molecule has 5 atom stereocenters. The fraction of sp³-hybridized carbons (Fsp3) is 0.625. The second-order valence-corrected chi connectivity index (χ2v) is 6.35. The summed E-state index contributed by atoms with van der Waals surface area (Å²) in [5, 5.41) is 3.38. The van der Waals surface area contributed by atoms with Crippen LogP contribution in [-0.4, -0.2) is 7.05 Å². The Morgan fingerprint density at radius 1 is 1.17 bits per heavy atom. The van der Waals surface area contributed by atoms with E-state index in [0.29, 0.717) is 5.92 Å². The molecule has 3 fully saturated rings. The highest BCUT2D eigenvalue weighted by Gasteiger charge is 2.66. The molecule has 0 aromatic heterocycles. The topological polar surface area (TPSA) is 12.0 Å². The number of fused-ring (bicyclic) bond motifs is 5. The Kier molecular flexibility index (Phi) is 2.32. The second kappa shape index (κ2) is 3.80. The van der Waals surface area contributed by atoms with E-state index in [2.05, 4.69) is 5.32 Å². The van der Waals surface area contributed by atoms with E-state index in [-0.39, 0.29) is 11.9 Å². The van der Waals surface area contributed by atoms with Gasteiger partial charge >= 0.3 is 0 Å². The molecule has 5 unspecified atom stereocenters. The fourth-order valence-electron chi connectivity index (χ4n) is 5.12. The summed E-state index contributed by atoms with van der Waals surface area (Å²) in [6, 6.07) is 7.50. The number of nitrogens with one attached hydrogen (secondary N) is 1. The first kappa shape index (κ1) is 11.0. The van der Waals surface area contributed by atoms with E-state index in [1.807, 2.05) is 19.2 Å². The summed E-state index contributed by atoms with van der Waals surface area (Å²) in [5.74, 6) is 4.33. The van der Waals surface area contributed by atoms with Crippen molar-refractivity contribution < 1.29 is 4.39 Å². The summed E-state index contributed by atoms with van der Waals surface area (Å²) in [5.41, 5.74) is 0.874. The molecule has 0 spiro atoms. The van der Waals surface area contributed by atoms with Gasteiger partial charge in [0, 0.05) is 11.6 Å². The number of hydrogen-bond acceptors (Lipinski definition) is 1. The van der Waals surface area contributed by atoms with Crippen LogP contribution in [0.15, 0.2) is 24.3 Å². The first-order chi connectivity index (χ1) is 8.81. The van der Waals surface area contributed by atoms with Gasteiger partial charge in [0.05, 0.1) is 0 Å². The highest BCUT2D eigenvalue weighted by Crippen LogP contribution is 2.72. The largest absolute Gasteiger partial charge is 0.313 e. The first-order valence-electron chi connectivity index (χ1n) is 7.23. The van der Waals surface area contributed by atoms with Crippen LogP contribution in [0.2, 0.25) is 0 Å². The molecule has 0 saturated heterocycles. The smallest absolute Gasteiger partial charge is 0.127 e. The molecule has 96 valence electrons. The maximum Gasteiger partial charge on any atom is 0.127 e. The first-order valence-corrected chi connectivity index (χ1v) is 7.23. The standard InChI is InChI=1S/C16H20FN/c1-18-16(11-4-2-3-5-12(11)17)15-13-9-6-7-10(8-9)14(13)15/h2-5,9-10,13-16,18H,6-8H2,1H3. The molecule has 2 heteroatoms. The van der Waals surface area contributed by atoms with Crippen LogP contribution < -0.4 is 5.32 Å². The quantitative estimate of drug-likeness (QED) is 0.861. The number of benzene rings is 1. The predicted molar refractivity (Wildman–Crippen MR) is 69.5 cm³/mol. The molecule has 1 aromatic carbocycles. The third-order valence-corrected chi connectivity index (χ3v) is 5.73. The lowest BCUT2D eigenvalue weighted by Crippen LogP contribution is -2.23. The maximum absolute atomic E-state index is 14.0. The van der Waals surface area contributed by atoms with Gasteiger partial charge in [-0.3, -0.25) is 0 Å². The van der Waals surface area contributed by atoms with Crippen LogP contribution in [-0.2, 0) is 0 Å². The average molecular weight is 245 g/mol. The van der Waals surface area contributed by atoms with Crippen molar-refractivity contribution in [1.29, 1.82) is 0 Å². The van der Waals surface area contributed by atoms with E-state index in [4.69, 9.17) is 0 Å². The van der Waals surface area contributed by atoms with E-state index < -0.39 is 0 Å². The Labute approximate surface area is 108 Å². The van der Waals surface area contributed by atoms with Gasteiger partial charge in [-0.25, -0.2) is 4.39 Å². The Bertz CT molecular complexity index is 456. The van der Waals surface area contributed by atoms with E-state index in [0.717, 1.165) is 29.2 Å². The molecule has 0 amide bonds. The summed E-state index contributed by atoms with van der Waals surface area (Å²) in [6.45, 7) is 0. The van der Waals surface area contributed by atoms with Crippen LogP contribution in [0.1, 0.15) is 30.9 Å². The zero-order chi connectivity index (χ0) is 12.3. The van der Waals surface area contributed by atoms with Crippen LogP contribution in [0.5, 0.6) is 0 Å². The van der Waals surface area contributed by atoms with Crippen LogP contribution in [0, 0.1) is 35.4 Å². The van der Waals surface area contributed by atoms with Gasteiger partial charge < -0.3 is 5.32 Å². The summed E-state index contributed by atoms with van der Waals surface area (Å²) in [4.78, 5) is 0. The number of hydrogen-bond donors (Lipinski definition) is 1. The van der Waals surface area contributed by atoms with Crippen LogP contribution in [0.25, 0.3) is 0 Å². The third-order valence-electron chi connectivity index (χ3n) is 5.73. The second-order valence-electron chi connectivity index (χ2n) is 6.35. The Morgan fingerprint density at radius 2 is 1.83 bits per heavy atom. The molecule has 3 aliphatic rings. The molecule has 2 bridgehead atoms. The Morgan fingerprint density at radius 3 is 2.44 bits per heavy atom. The van der Waals surface area contributed by atoms with Crippen molar-refractivity contribution in [2.24, 2.45) is 29.6 Å². The van der Waals surface area contributed by atoms with Gasteiger partial charge in [-0.15, -0.1) is 0 Å². The molecule has 1 N–H and O–H groups in total. The summed E-state index contributed by atoms with van der Waals surface area (Å²) in [7, 11) is 1.98. The Hall–Kier alpha value is -0.890. The molecular weight excluding hydrogens is 225 g/mol. The van der Waals surface area contributed by atoms with Crippen molar-refractivity contribution >= 4 is 0 Å². The maximum atomic E-state index is 14.0. The molecule has 4 rings (SSSR count). The predicted octanol–water partition coefficient (Wildman–Crippen LogP) is 3.38. The molecule has 0 heterocycles. The van der Waals surface area contributed by atoms with Gasteiger partial charge in [-0.05, 0) is 62.0 Å². The monoisotopic (exact) mass is 245 g/mol. The molecule has 1 nitrogen and oxygen atoms in total. The zero-order valence-electron chi connectivity index (χ0n) is 10.8. The summed E-state index contributed by atoms with van der Waals surface area (Å²) in [6.07, 6.45) is 4.31. The van der Waals surface area contributed by atoms with Crippen molar-refractivity contribution in [3.05, 3.63) is 35.6 Å². The van der Waals surface area contributed by atoms with Gasteiger partial charge in [0.25, 0.3) is 0 Å². The number of rotatable bonds is 3. The normalized spacial score (nSPS) is 41.8. The molecule has 1 aromatic rings. The minimum atomic E-state index is -0.0471. The lowest BCUT2D eigenvalue weighted by Gasteiger charge is -2.21. The number of halogens is 1. The van der Waals surface area contributed by atoms with Gasteiger partial charge in [0.15, 0.2) is 0 Å². The van der Waals surface area contributed by atoms with Crippen LogP contribution >= 0.6 is 0 Å². The molecule has 0 radical (unpaired) electrons.